The van der Waals surface area contributed by atoms with Gasteiger partial charge < -0.3 is 20.1 Å². The Hall–Kier alpha value is -0.650. The largest absolute Gasteiger partial charge is 0.460 e. The SMILES string of the molecule is CC(=O)OC(C)(C)[C@@H](C)CC[C@@H](C)[C@H]1CC[C@H]2[C@@H]3C[C@@H](O)[C@H]4C[C@H](O)CC[C@]4(C)[C@@]3(O)CC[C@]12C. The van der Waals surface area contributed by atoms with E-state index in [1.54, 1.807) is 0 Å². The van der Waals surface area contributed by atoms with E-state index in [2.05, 4.69) is 27.7 Å². The van der Waals surface area contributed by atoms with E-state index in [0.717, 1.165) is 44.9 Å². The Morgan fingerprint density at radius 1 is 0.971 bits per heavy atom. The smallest absolute Gasteiger partial charge is 0.303 e. The Kier molecular flexibility index (Phi) is 7.26. The number of fused-ring (bicyclic) bond motifs is 5. The van der Waals surface area contributed by atoms with Crippen LogP contribution in [0.25, 0.3) is 0 Å². The normalized spacial score (nSPS) is 47.3. The lowest BCUT2D eigenvalue weighted by Crippen LogP contribution is -2.68. The summed E-state index contributed by atoms with van der Waals surface area (Å²) < 4.78 is 5.60. The summed E-state index contributed by atoms with van der Waals surface area (Å²) in [7, 11) is 0. The third-order valence-corrected chi connectivity index (χ3v) is 12.3. The van der Waals surface area contributed by atoms with Gasteiger partial charge >= 0.3 is 5.97 Å². The molecule has 0 aromatic heterocycles. The Balaban J connectivity index is 1.48. The molecule has 0 aliphatic heterocycles. The molecule has 0 aromatic rings. The van der Waals surface area contributed by atoms with Crippen LogP contribution in [-0.4, -0.2) is 44.7 Å². The van der Waals surface area contributed by atoms with Crippen LogP contribution in [0.1, 0.15) is 113 Å². The fraction of sp³-hybridized carbons (Fsp3) is 0.967. The number of ether oxygens (including phenoxy) is 1. The highest BCUT2D eigenvalue weighted by Gasteiger charge is 2.68. The van der Waals surface area contributed by atoms with Gasteiger partial charge in [-0.2, -0.15) is 0 Å². The molecule has 0 amide bonds. The standard InChI is InChI=1S/C30H52O5/c1-18(8-9-19(2)27(4,5)35-20(3)31)22-10-11-23-24-17-26(33)25-16-21(32)12-13-29(25,7)30(24,34)15-14-28(22,23)6/h18-19,21-26,32-34H,8-17H2,1-7H3/t18-,19+,21-,22-,23+,24+,25-,26-,28-,29+,30-/m1/s1. The predicted octanol–water partition coefficient (Wildman–Crippen LogP) is 5.49. The van der Waals surface area contributed by atoms with Crippen molar-refractivity contribution in [3.63, 3.8) is 0 Å². The number of aliphatic hydroxyl groups excluding tert-OH is 2. The summed E-state index contributed by atoms with van der Waals surface area (Å²) in [5.74, 6) is 1.87. The Bertz CT molecular complexity index is 796. The molecule has 0 heterocycles. The van der Waals surface area contributed by atoms with Gasteiger partial charge in [-0.05, 0) is 113 Å². The van der Waals surface area contributed by atoms with Gasteiger partial charge in [-0.15, -0.1) is 0 Å². The second kappa shape index (κ2) is 9.27. The maximum absolute atomic E-state index is 12.3. The van der Waals surface area contributed by atoms with Crippen LogP contribution in [0.2, 0.25) is 0 Å². The zero-order valence-corrected chi connectivity index (χ0v) is 23.3. The molecule has 4 rings (SSSR count). The van der Waals surface area contributed by atoms with Crippen molar-refractivity contribution in [2.24, 2.45) is 46.3 Å². The van der Waals surface area contributed by atoms with Gasteiger partial charge in [0, 0.05) is 12.3 Å². The summed E-state index contributed by atoms with van der Waals surface area (Å²) in [5.41, 5.74) is -1.30. The third kappa shape index (κ3) is 4.40. The molecule has 0 spiro atoms. The van der Waals surface area contributed by atoms with Crippen molar-refractivity contribution in [2.75, 3.05) is 0 Å². The molecule has 5 nitrogen and oxygen atoms in total. The second-order valence-corrected chi connectivity index (χ2v) is 14.2. The molecule has 0 saturated heterocycles. The maximum Gasteiger partial charge on any atom is 0.303 e. The molecular formula is C30H52O5. The van der Waals surface area contributed by atoms with Crippen molar-refractivity contribution in [1.29, 1.82) is 0 Å². The molecule has 0 bridgehead atoms. The summed E-state index contributed by atoms with van der Waals surface area (Å²) in [4.78, 5) is 11.5. The first-order valence-electron chi connectivity index (χ1n) is 14.4. The van der Waals surface area contributed by atoms with Crippen LogP contribution in [0.15, 0.2) is 0 Å². The van der Waals surface area contributed by atoms with Crippen LogP contribution < -0.4 is 0 Å². The minimum absolute atomic E-state index is 0.00459. The number of carbonyl (C=O) groups is 1. The first kappa shape index (κ1) is 27.4. The molecule has 0 aromatic carbocycles. The number of hydrogen-bond acceptors (Lipinski definition) is 5. The highest BCUT2D eigenvalue weighted by molar-refractivity contribution is 5.66. The molecular weight excluding hydrogens is 440 g/mol. The van der Waals surface area contributed by atoms with E-state index in [4.69, 9.17) is 4.74 Å². The topological polar surface area (TPSA) is 87.0 Å². The highest BCUT2D eigenvalue weighted by Crippen LogP contribution is 2.69. The van der Waals surface area contributed by atoms with E-state index >= 15 is 0 Å². The lowest BCUT2D eigenvalue weighted by molar-refractivity contribution is -0.265. The fourth-order valence-electron chi connectivity index (χ4n) is 9.71. The van der Waals surface area contributed by atoms with Gasteiger partial charge in [-0.3, -0.25) is 4.79 Å². The van der Waals surface area contributed by atoms with Crippen molar-refractivity contribution in [3.05, 3.63) is 0 Å². The van der Waals surface area contributed by atoms with Crippen molar-refractivity contribution in [2.45, 2.75) is 136 Å². The number of hydrogen-bond donors (Lipinski definition) is 3. The number of esters is 1. The average molecular weight is 493 g/mol. The zero-order chi connectivity index (χ0) is 26.0. The minimum Gasteiger partial charge on any atom is -0.460 e. The van der Waals surface area contributed by atoms with Gasteiger partial charge in [0.2, 0.25) is 0 Å². The van der Waals surface area contributed by atoms with Crippen LogP contribution in [0, 0.1) is 46.3 Å². The van der Waals surface area contributed by atoms with E-state index in [-0.39, 0.29) is 34.7 Å². The molecule has 0 radical (unpaired) electrons. The van der Waals surface area contributed by atoms with Gasteiger partial charge in [-0.25, -0.2) is 0 Å². The van der Waals surface area contributed by atoms with Gasteiger partial charge in [0.05, 0.1) is 17.8 Å². The first-order chi connectivity index (χ1) is 16.2. The maximum atomic E-state index is 12.3. The fourth-order valence-corrected chi connectivity index (χ4v) is 9.71. The minimum atomic E-state index is -0.734. The van der Waals surface area contributed by atoms with Crippen molar-refractivity contribution >= 4 is 5.97 Å². The van der Waals surface area contributed by atoms with Crippen LogP contribution >= 0.6 is 0 Å². The Morgan fingerprint density at radius 3 is 2.31 bits per heavy atom. The Morgan fingerprint density at radius 2 is 1.66 bits per heavy atom. The zero-order valence-electron chi connectivity index (χ0n) is 23.3. The van der Waals surface area contributed by atoms with E-state index in [1.807, 2.05) is 13.8 Å². The number of aliphatic hydroxyl groups is 3. The molecule has 0 unspecified atom stereocenters. The highest BCUT2D eigenvalue weighted by atomic mass is 16.6. The summed E-state index contributed by atoms with van der Waals surface area (Å²) in [6, 6.07) is 0. The van der Waals surface area contributed by atoms with Crippen LogP contribution in [0.3, 0.4) is 0 Å². The van der Waals surface area contributed by atoms with Crippen LogP contribution in [0.4, 0.5) is 0 Å². The molecule has 4 aliphatic carbocycles. The van der Waals surface area contributed by atoms with Crippen molar-refractivity contribution in [3.8, 4) is 0 Å². The van der Waals surface area contributed by atoms with Gasteiger partial charge in [-0.1, -0.05) is 34.1 Å². The first-order valence-corrected chi connectivity index (χ1v) is 14.4. The summed E-state index contributed by atoms with van der Waals surface area (Å²) in [6.07, 6.45) is 8.43. The second-order valence-electron chi connectivity index (χ2n) is 14.2. The lowest BCUT2D eigenvalue weighted by atomic mass is 9.41. The summed E-state index contributed by atoms with van der Waals surface area (Å²) >= 11 is 0. The van der Waals surface area contributed by atoms with E-state index in [1.165, 1.54) is 13.3 Å². The monoisotopic (exact) mass is 492 g/mol. The summed E-state index contributed by atoms with van der Waals surface area (Å²) in [6.45, 7) is 14.8. The average Bonchev–Trinajstić information content (AvgIpc) is 3.11. The van der Waals surface area contributed by atoms with Crippen molar-refractivity contribution in [1.82, 2.24) is 0 Å². The molecule has 5 heteroatoms. The Labute approximate surface area is 213 Å². The lowest BCUT2D eigenvalue weighted by Gasteiger charge is -2.66. The van der Waals surface area contributed by atoms with E-state index in [0.29, 0.717) is 36.5 Å². The third-order valence-electron chi connectivity index (χ3n) is 12.3. The number of rotatable bonds is 6. The number of carbonyl (C=O) groups excluding carboxylic acids is 1. The van der Waals surface area contributed by atoms with Crippen LogP contribution in [0.5, 0.6) is 0 Å². The van der Waals surface area contributed by atoms with Crippen LogP contribution in [-0.2, 0) is 9.53 Å². The van der Waals surface area contributed by atoms with Gasteiger partial charge in [0.25, 0.3) is 0 Å². The van der Waals surface area contributed by atoms with Gasteiger partial charge in [0.1, 0.15) is 5.60 Å². The molecule has 4 fully saturated rings. The van der Waals surface area contributed by atoms with Crippen molar-refractivity contribution < 1.29 is 24.9 Å². The quantitative estimate of drug-likeness (QED) is 0.427. The molecule has 202 valence electrons. The molecule has 11 atom stereocenters. The predicted molar refractivity (Wildman–Crippen MR) is 137 cm³/mol. The molecule has 4 aliphatic rings. The van der Waals surface area contributed by atoms with Gasteiger partial charge in [0.15, 0.2) is 0 Å². The molecule has 35 heavy (non-hydrogen) atoms. The summed E-state index contributed by atoms with van der Waals surface area (Å²) in [5, 5.41) is 33.9. The van der Waals surface area contributed by atoms with E-state index in [9.17, 15) is 20.1 Å². The molecule has 4 saturated carbocycles. The van der Waals surface area contributed by atoms with E-state index < -0.39 is 17.3 Å². The molecule has 3 N–H and O–H groups in total.